The molecule has 0 aromatic carbocycles. The summed E-state index contributed by atoms with van der Waals surface area (Å²) in [6.07, 6.45) is 1.21. The van der Waals surface area contributed by atoms with Crippen LogP contribution in [0.25, 0.3) is 11.3 Å². The summed E-state index contributed by atoms with van der Waals surface area (Å²) in [5.41, 5.74) is 1.21. The number of β-amino-alcohol motifs (C(OH)–C–C–N with tert-alkyl or cyclic N) is 1. The third-order valence-electron chi connectivity index (χ3n) is 5.94. The van der Waals surface area contributed by atoms with Gasteiger partial charge in [0.15, 0.2) is 0 Å². The zero-order valence-electron chi connectivity index (χ0n) is 17.9. The number of aliphatic hydroxyl groups is 1. The number of halogens is 1. The van der Waals surface area contributed by atoms with Crippen molar-refractivity contribution in [2.24, 2.45) is 11.8 Å². The predicted octanol–water partition coefficient (Wildman–Crippen LogP) is 2.54. The van der Waals surface area contributed by atoms with Gasteiger partial charge < -0.3 is 30.5 Å². The van der Waals surface area contributed by atoms with Crippen LogP contribution in [-0.4, -0.2) is 76.0 Å². The number of rotatable bonds is 6. The number of nitrogens with one attached hydrogen (secondary N) is 2. The SMILES string of the molecule is O=C(Nc1cc(-c2cccc(NCC3CCOCC3)n2)c(Cl)cn1)[C@H]1CN(C(=O)O)C[C@H]1O. The largest absolute Gasteiger partial charge is 0.465 e. The Morgan fingerprint density at radius 3 is 2.73 bits per heavy atom. The van der Waals surface area contributed by atoms with E-state index in [2.05, 4.69) is 20.6 Å². The third-order valence-corrected chi connectivity index (χ3v) is 6.24. The highest BCUT2D eigenvalue weighted by Gasteiger charge is 2.38. The quantitative estimate of drug-likeness (QED) is 0.500. The Kier molecular flexibility index (Phi) is 7.26. The van der Waals surface area contributed by atoms with Crippen LogP contribution in [0.4, 0.5) is 16.4 Å². The van der Waals surface area contributed by atoms with Crippen LogP contribution in [0.15, 0.2) is 30.5 Å². The number of ether oxygens (including phenoxy) is 1. The molecule has 2 aliphatic heterocycles. The molecule has 11 heteroatoms. The summed E-state index contributed by atoms with van der Waals surface area (Å²) in [6, 6.07) is 7.19. The molecule has 0 spiro atoms. The van der Waals surface area contributed by atoms with E-state index < -0.39 is 24.0 Å². The zero-order valence-corrected chi connectivity index (χ0v) is 18.7. The molecule has 176 valence electrons. The number of carbonyl (C=O) groups is 2. The Bertz CT molecular complexity index is 1020. The van der Waals surface area contributed by atoms with Gasteiger partial charge in [-0.25, -0.2) is 14.8 Å². The summed E-state index contributed by atoms with van der Waals surface area (Å²) < 4.78 is 5.40. The molecule has 2 atom stereocenters. The van der Waals surface area contributed by atoms with E-state index in [0.717, 1.165) is 43.3 Å². The molecule has 33 heavy (non-hydrogen) atoms. The van der Waals surface area contributed by atoms with Gasteiger partial charge in [-0.15, -0.1) is 0 Å². The molecule has 4 heterocycles. The smallest absolute Gasteiger partial charge is 0.407 e. The first-order valence-corrected chi connectivity index (χ1v) is 11.2. The van der Waals surface area contributed by atoms with Crippen LogP contribution >= 0.6 is 11.6 Å². The number of aliphatic hydroxyl groups excluding tert-OH is 1. The van der Waals surface area contributed by atoms with Crippen molar-refractivity contribution in [2.75, 3.05) is 43.5 Å². The molecule has 0 bridgehead atoms. The van der Waals surface area contributed by atoms with E-state index in [-0.39, 0.29) is 18.9 Å². The molecule has 0 saturated carbocycles. The van der Waals surface area contributed by atoms with Crippen LogP contribution in [0.2, 0.25) is 5.02 Å². The van der Waals surface area contributed by atoms with Gasteiger partial charge in [-0.05, 0) is 37.0 Å². The van der Waals surface area contributed by atoms with E-state index in [1.165, 1.54) is 6.20 Å². The van der Waals surface area contributed by atoms with E-state index >= 15 is 0 Å². The standard InChI is InChI=1S/C22H26ClN5O5/c23-16-10-25-20(27-21(30)15-11-28(22(31)32)12-18(15)29)8-14(16)17-2-1-3-19(26-17)24-9-13-4-6-33-7-5-13/h1-3,8,10,13,15,18,29H,4-7,9,11-12H2,(H,24,26)(H,31,32)(H,25,27,30)/t15-,18+/m0/s1. The molecular formula is C22H26ClN5O5. The first kappa shape index (κ1) is 23.2. The number of nitrogens with zero attached hydrogens (tertiary/aromatic N) is 3. The first-order chi connectivity index (χ1) is 15.9. The van der Waals surface area contributed by atoms with E-state index in [1.807, 2.05) is 18.2 Å². The first-order valence-electron chi connectivity index (χ1n) is 10.8. The van der Waals surface area contributed by atoms with E-state index in [0.29, 0.717) is 22.2 Å². The fourth-order valence-corrected chi connectivity index (χ4v) is 4.21. The molecule has 2 aromatic rings. The number of hydrogen-bond donors (Lipinski definition) is 4. The normalized spacial score (nSPS) is 21.1. The van der Waals surface area contributed by atoms with Crippen molar-refractivity contribution in [3.05, 3.63) is 35.5 Å². The van der Waals surface area contributed by atoms with Crippen molar-refractivity contribution < 1.29 is 24.5 Å². The number of hydrogen-bond acceptors (Lipinski definition) is 7. The minimum Gasteiger partial charge on any atom is -0.465 e. The lowest BCUT2D eigenvalue weighted by Gasteiger charge is -2.22. The van der Waals surface area contributed by atoms with Gasteiger partial charge in [0.2, 0.25) is 5.91 Å². The molecule has 0 aliphatic carbocycles. The van der Waals surface area contributed by atoms with Crippen LogP contribution < -0.4 is 10.6 Å². The maximum atomic E-state index is 12.6. The van der Waals surface area contributed by atoms with E-state index in [4.69, 9.17) is 21.4 Å². The molecule has 2 aliphatic rings. The lowest BCUT2D eigenvalue weighted by atomic mass is 10.0. The fraction of sp³-hybridized carbons (Fsp3) is 0.455. The van der Waals surface area contributed by atoms with Crippen molar-refractivity contribution in [1.29, 1.82) is 0 Å². The zero-order chi connectivity index (χ0) is 23.4. The van der Waals surface area contributed by atoms with Gasteiger partial charge in [0.05, 0.1) is 29.3 Å². The van der Waals surface area contributed by atoms with Crippen molar-refractivity contribution in [3.8, 4) is 11.3 Å². The lowest BCUT2D eigenvalue weighted by molar-refractivity contribution is -0.121. The molecule has 4 N–H and O–H groups in total. The third kappa shape index (κ3) is 5.70. The Hall–Kier alpha value is -2.95. The fourth-order valence-electron chi connectivity index (χ4n) is 4.01. The summed E-state index contributed by atoms with van der Waals surface area (Å²) in [7, 11) is 0. The van der Waals surface area contributed by atoms with Gasteiger partial charge in [-0.3, -0.25) is 4.79 Å². The maximum Gasteiger partial charge on any atom is 0.407 e. The van der Waals surface area contributed by atoms with Gasteiger partial charge >= 0.3 is 6.09 Å². The van der Waals surface area contributed by atoms with Crippen LogP contribution in [-0.2, 0) is 9.53 Å². The Balaban J connectivity index is 1.45. The average molecular weight is 476 g/mol. The summed E-state index contributed by atoms with van der Waals surface area (Å²) in [5, 5.41) is 25.6. The van der Waals surface area contributed by atoms with Crippen LogP contribution in [0.1, 0.15) is 12.8 Å². The van der Waals surface area contributed by atoms with Crippen molar-refractivity contribution >= 4 is 35.2 Å². The van der Waals surface area contributed by atoms with Crippen molar-refractivity contribution in [1.82, 2.24) is 14.9 Å². The molecule has 2 fully saturated rings. The highest BCUT2D eigenvalue weighted by molar-refractivity contribution is 6.33. The van der Waals surface area contributed by atoms with Gasteiger partial charge in [-0.2, -0.15) is 0 Å². The van der Waals surface area contributed by atoms with Crippen molar-refractivity contribution in [2.45, 2.75) is 18.9 Å². The van der Waals surface area contributed by atoms with Crippen LogP contribution in [0.3, 0.4) is 0 Å². The van der Waals surface area contributed by atoms with Crippen molar-refractivity contribution in [3.63, 3.8) is 0 Å². The Morgan fingerprint density at radius 2 is 2.00 bits per heavy atom. The number of carboxylic acid groups (broad SMARTS) is 1. The van der Waals surface area contributed by atoms with E-state index in [1.54, 1.807) is 6.07 Å². The molecule has 2 aromatic heterocycles. The van der Waals surface area contributed by atoms with Gasteiger partial charge in [0, 0.05) is 38.1 Å². The second kappa shape index (κ2) is 10.3. The van der Waals surface area contributed by atoms with Crippen LogP contribution in [0.5, 0.6) is 0 Å². The Labute approximate surface area is 195 Å². The lowest BCUT2D eigenvalue weighted by Crippen LogP contribution is -2.32. The molecule has 0 unspecified atom stereocenters. The molecular weight excluding hydrogens is 450 g/mol. The van der Waals surface area contributed by atoms with Crippen LogP contribution in [0, 0.1) is 11.8 Å². The second-order valence-corrected chi connectivity index (χ2v) is 8.65. The number of aromatic nitrogens is 2. The number of anilines is 2. The summed E-state index contributed by atoms with van der Waals surface area (Å²) >= 11 is 6.36. The highest BCUT2D eigenvalue weighted by Crippen LogP contribution is 2.29. The summed E-state index contributed by atoms with van der Waals surface area (Å²) in [6.45, 7) is 2.19. The topological polar surface area (TPSA) is 137 Å². The van der Waals surface area contributed by atoms with Gasteiger partial charge in [0.1, 0.15) is 11.6 Å². The summed E-state index contributed by atoms with van der Waals surface area (Å²) in [5.74, 6) is 0.117. The average Bonchev–Trinajstić information content (AvgIpc) is 3.22. The Morgan fingerprint density at radius 1 is 1.21 bits per heavy atom. The predicted molar refractivity (Wildman–Crippen MR) is 122 cm³/mol. The molecule has 10 nitrogen and oxygen atoms in total. The second-order valence-electron chi connectivity index (χ2n) is 8.24. The summed E-state index contributed by atoms with van der Waals surface area (Å²) in [4.78, 5) is 33.5. The maximum absolute atomic E-state index is 12.6. The molecule has 0 radical (unpaired) electrons. The monoisotopic (exact) mass is 475 g/mol. The number of carbonyl (C=O) groups excluding carboxylic acids is 1. The molecule has 2 saturated heterocycles. The minimum atomic E-state index is -1.17. The molecule has 2 amide bonds. The molecule has 4 rings (SSSR count). The van der Waals surface area contributed by atoms with E-state index in [9.17, 15) is 14.7 Å². The highest BCUT2D eigenvalue weighted by atomic mass is 35.5. The number of pyridine rings is 2. The number of likely N-dealkylation sites (tertiary alicyclic amines) is 1. The minimum absolute atomic E-state index is 0.0782. The number of amides is 2. The van der Waals surface area contributed by atoms with Gasteiger partial charge in [-0.1, -0.05) is 17.7 Å². The van der Waals surface area contributed by atoms with Gasteiger partial charge in [0.25, 0.3) is 0 Å².